The van der Waals surface area contributed by atoms with Gasteiger partial charge in [-0.2, -0.15) is 4.98 Å². The number of hydrogen-bond acceptors (Lipinski definition) is 4. The van der Waals surface area contributed by atoms with Gasteiger partial charge in [-0.25, -0.2) is 4.98 Å². The van der Waals surface area contributed by atoms with Crippen LogP contribution in [0, 0.1) is 0 Å². The molecule has 2 aromatic heterocycles. The van der Waals surface area contributed by atoms with Crippen LogP contribution in [-0.4, -0.2) is 20.6 Å². The van der Waals surface area contributed by atoms with Gasteiger partial charge in [-0.05, 0) is 32.8 Å². The molecule has 5 heteroatoms. The van der Waals surface area contributed by atoms with Gasteiger partial charge in [0, 0.05) is 29.7 Å². The second kappa shape index (κ2) is 6.46. The van der Waals surface area contributed by atoms with E-state index in [1.807, 2.05) is 13.8 Å². The van der Waals surface area contributed by atoms with Crippen LogP contribution in [-0.2, 0) is 0 Å². The maximum Gasteiger partial charge on any atom is 0.252 e. The molecule has 5 nitrogen and oxygen atoms in total. The first-order chi connectivity index (χ1) is 10.6. The molecule has 0 atom stereocenters. The maximum atomic E-state index is 12.1. The van der Waals surface area contributed by atoms with Crippen molar-refractivity contribution in [3.05, 3.63) is 28.7 Å². The summed E-state index contributed by atoms with van der Waals surface area (Å²) in [5.41, 5.74) is 0.704. The number of fused-ring (bicyclic) bond motifs is 1. The molecule has 0 spiro atoms. The third-order valence-electron chi connectivity index (χ3n) is 4.37. The molecule has 0 bridgehead atoms. The van der Waals surface area contributed by atoms with Crippen molar-refractivity contribution in [2.24, 2.45) is 0 Å². The van der Waals surface area contributed by atoms with Crippen LogP contribution in [0.4, 0.5) is 5.95 Å². The highest BCUT2D eigenvalue weighted by molar-refractivity contribution is 5.75. The zero-order valence-corrected chi connectivity index (χ0v) is 13.4. The molecule has 3 rings (SSSR count). The van der Waals surface area contributed by atoms with Gasteiger partial charge < -0.3 is 5.32 Å². The minimum absolute atomic E-state index is 0.0124. The lowest BCUT2D eigenvalue weighted by atomic mass is 10.1. The van der Waals surface area contributed by atoms with Crippen LogP contribution in [0.1, 0.15) is 58.4 Å². The van der Waals surface area contributed by atoms with Crippen LogP contribution in [0.15, 0.2) is 23.1 Å². The van der Waals surface area contributed by atoms with Gasteiger partial charge in [0.25, 0.3) is 5.56 Å². The first kappa shape index (κ1) is 15.0. The third kappa shape index (κ3) is 3.13. The van der Waals surface area contributed by atoms with E-state index in [4.69, 9.17) is 0 Å². The molecule has 1 aliphatic carbocycles. The standard InChI is InChI=1S/C17H24N4O/c1-12(2)21-15(22)10-9-13-11-18-17(20-16(13)21)19-14-7-5-3-4-6-8-14/h9-12,14H,3-8H2,1-2H3,(H,18,19,20). The predicted molar refractivity (Wildman–Crippen MR) is 89.3 cm³/mol. The Morgan fingerprint density at radius 3 is 2.59 bits per heavy atom. The van der Waals surface area contributed by atoms with E-state index in [1.165, 1.54) is 38.5 Å². The van der Waals surface area contributed by atoms with E-state index in [1.54, 1.807) is 22.9 Å². The zero-order valence-electron chi connectivity index (χ0n) is 13.4. The summed E-state index contributed by atoms with van der Waals surface area (Å²) in [4.78, 5) is 21.2. The first-order valence-corrected chi connectivity index (χ1v) is 8.30. The molecule has 1 fully saturated rings. The molecule has 1 saturated carbocycles. The van der Waals surface area contributed by atoms with Gasteiger partial charge >= 0.3 is 0 Å². The first-order valence-electron chi connectivity index (χ1n) is 8.30. The van der Waals surface area contributed by atoms with Crippen LogP contribution < -0.4 is 10.9 Å². The summed E-state index contributed by atoms with van der Waals surface area (Å²) in [6.07, 6.45) is 9.33. The predicted octanol–water partition coefficient (Wildman–Crippen LogP) is 3.51. The van der Waals surface area contributed by atoms with Crippen LogP contribution in [0.2, 0.25) is 0 Å². The minimum atomic E-state index is -0.0124. The van der Waals surface area contributed by atoms with Gasteiger partial charge in [0.05, 0.1) is 0 Å². The Balaban J connectivity index is 1.94. The summed E-state index contributed by atoms with van der Waals surface area (Å²) in [6, 6.07) is 3.91. The van der Waals surface area contributed by atoms with Crippen molar-refractivity contribution >= 4 is 17.0 Å². The third-order valence-corrected chi connectivity index (χ3v) is 4.37. The molecular formula is C17H24N4O. The smallest absolute Gasteiger partial charge is 0.252 e. The topological polar surface area (TPSA) is 59.8 Å². The molecule has 2 aromatic rings. The Kier molecular flexibility index (Phi) is 4.41. The summed E-state index contributed by atoms with van der Waals surface area (Å²) in [7, 11) is 0. The van der Waals surface area contributed by atoms with Gasteiger partial charge in [0.15, 0.2) is 0 Å². The van der Waals surface area contributed by atoms with Crippen LogP contribution in [0.3, 0.4) is 0 Å². The average Bonchev–Trinajstić information content (AvgIpc) is 2.75. The number of nitrogens with one attached hydrogen (secondary N) is 1. The van der Waals surface area contributed by atoms with Crippen LogP contribution in [0.5, 0.6) is 0 Å². The molecule has 0 radical (unpaired) electrons. The molecule has 1 N–H and O–H groups in total. The van der Waals surface area contributed by atoms with Gasteiger partial charge in [0.1, 0.15) is 5.65 Å². The number of rotatable bonds is 3. The summed E-state index contributed by atoms with van der Waals surface area (Å²) in [5.74, 6) is 0.638. The highest BCUT2D eigenvalue weighted by Crippen LogP contribution is 2.21. The highest BCUT2D eigenvalue weighted by atomic mass is 16.1. The molecule has 0 unspecified atom stereocenters. The van der Waals surface area contributed by atoms with Crippen molar-refractivity contribution in [2.75, 3.05) is 5.32 Å². The quantitative estimate of drug-likeness (QED) is 0.881. The molecule has 0 saturated heterocycles. The zero-order chi connectivity index (χ0) is 15.5. The van der Waals surface area contributed by atoms with E-state index in [2.05, 4.69) is 15.3 Å². The van der Waals surface area contributed by atoms with E-state index < -0.39 is 0 Å². The van der Waals surface area contributed by atoms with Crippen molar-refractivity contribution in [2.45, 2.75) is 64.5 Å². The second-order valence-corrected chi connectivity index (χ2v) is 6.44. The highest BCUT2D eigenvalue weighted by Gasteiger charge is 2.14. The van der Waals surface area contributed by atoms with E-state index in [-0.39, 0.29) is 11.6 Å². The average molecular weight is 300 g/mol. The molecule has 2 heterocycles. The number of hydrogen-bond donors (Lipinski definition) is 1. The largest absolute Gasteiger partial charge is 0.351 e. The van der Waals surface area contributed by atoms with Crippen molar-refractivity contribution in [1.82, 2.24) is 14.5 Å². The number of nitrogens with zero attached hydrogens (tertiary/aromatic N) is 3. The Hall–Kier alpha value is -1.91. The van der Waals surface area contributed by atoms with E-state index >= 15 is 0 Å². The van der Waals surface area contributed by atoms with Crippen molar-refractivity contribution in [3.8, 4) is 0 Å². The molecule has 22 heavy (non-hydrogen) atoms. The van der Waals surface area contributed by atoms with Crippen LogP contribution >= 0.6 is 0 Å². The Bertz CT molecular complexity index is 699. The lowest BCUT2D eigenvalue weighted by Crippen LogP contribution is -2.23. The molecular weight excluding hydrogens is 276 g/mol. The lowest BCUT2D eigenvalue weighted by molar-refractivity contribution is 0.593. The Morgan fingerprint density at radius 1 is 1.18 bits per heavy atom. The monoisotopic (exact) mass is 300 g/mol. The fourth-order valence-corrected chi connectivity index (χ4v) is 3.21. The van der Waals surface area contributed by atoms with Crippen LogP contribution in [0.25, 0.3) is 11.0 Å². The number of anilines is 1. The van der Waals surface area contributed by atoms with Crippen molar-refractivity contribution in [1.29, 1.82) is 0 Å². The fourth-order valence-electron chi connectivity index (χ4n) is 3.21. The lowest BCUT2D eigenvalue weighted by Gasteiger charge is -2.17. The van der Waals surface area contributed by atoms with Crippen molar-refractivity contribution in [3.63, 3.8) is 0 Å². The van der Waals surface area contributed by atoms with Gasteiger partial charge in [-0.1, -0.05) is 25.7 Å². The molecule has 0 aliphatic heterocycles. The van der Waals surface area contributed by atoms with E-state index in [0.29, 0.717) is 17.6 Å². The molecule has 0 aromatic carbocycles. The number of aromatic nitrogens is 3. The normalized spacial score (nSPS) is 16.9. The molecule has 1 aliphatic rings. The maximum absolute atomic E-state index is 12.1. The number of pyridine rings is 1. The second-order valence-electron chi connectivity index (χ2n) is 6.44. The fraction of sp³-hybridized carbons (Fsp3) is 0.588. The van der Waals surface area contributed by atoms with Crippen molar-refractivity contribution < 1.29 is 0 Å². The summed E-state index contributed by atoms with van der Waals surface area (Å²) >= 11 is 0. The summed E-state index contributed by atoms with van der Waals surface area (Å²) < 4.78 is 1.73. The SMILES string of the molecule is CC(C)n1c(=O)ccc2cnc(NC3CCCCCC3)nc21. The van der Waals surface area contributed by atoms with Gasteiger partial charge in [0.2, 0.25) is 5.95 Å². The minimum Gasteiger partial charge on any atom is -0.351 e. The Labute approximate surface area is 130 Å². The van der Waals surface area contributed by atoms with Gasteiger partial charge in [-0.15, -0.1) is 0 Å². The van der Waals surface area contributed by atoms with E-state index in [9.17, 15) is 4.79 Å². The molecule has 118 valence electrons. The van der Waals surface area contributed by atoms with E-state index in [0.717, 1.165) is 5.39 Å². The van der Waals surface area contributed by atoms with Gasteiger partial charge in [-0.3, -0.25) is 9.36 Å². The summed E-state index contributed by atoms with van der Waals surface area (Å²) in [6.45, 7) is 4.00. The summed E-state index contributed by atoms with van der Waals surface area (Å²) in [5, 5.41) is 4.36. The Morgan fingerprint density at radius 2 is 1.91 bits per heavy atom. The molecule has 0 amide bonds.